The van der Waals surface area contributed by atoms with E-state index in [1.165, 1.54) is 0 Å². The van der Waals surface area contributed by atoms with Crippen LogP contribution in [-0.2, 0) is 0 Å². The highest BCUT2D eigenvalue weighted by atomic mass is 16.3. The second-order valence-corrected chi connectivity index (χ2v) is 6.29. The van der Waals surface area contributed by atoms with Crippen LogP contribution in [0.5, 0.6) is 0 Å². The van der Waals surface area contributed by atoms with Crippen molar-refractivity contribution in [3.63, 3.8) is 0 Å². The number of aliphatic hydroxyl groups is 1. The van der Waals surface area contributed by atoms with Crippen molar-refractivity contribution in [3.8, 4) is 0 Å². The first kappa shape index (κ1) is 16.8. The number of benzene rings is 1. The monoisotopic (exact) mass is 323 g/mol. The minimum atomic E-state index is -0.179. The third-order valence-electron chi connectivity index (χ3n) is 4.68. The van der Waals surface area contributed by atoms with E-state index in [4.69, 9.17) is 0 Å². The summed E-state index contributed by atoms with van der Waals surface area (Å²) in [5, 5.41) is 9.23. The number of ketones is 1. The molecule has 4 nitrogen and oxygen atoms in total. The Morgan fingerprint density at radius 2 is 2.04 bits per heavy atom. The Balaban J connectivity index is 1.92. The van der Waals surface area contributed by atoms with E-state index in [9.17, 15) is 9.90 Å². The Morgan fingerprint density at radius 1 is 1.25 bits per heavy atom. The summed E-state index contributed by atoms with van der Waals surface area (Å²) in [5.41, 5.74) is 2.83. The van der Waals surface area contributed by atoms with Crippen LogP contribution in [-0.4, -0.2) is 47.0 Å². The van der Waals surface area contributed by atoms with Crippen LogP contribution in [0.2, 0.25) is 0 Å². The van der Waals surface area contributed by atoms with Gasteiger partial charge >= 0.3 is 0 Å². The molecule has 1 aliphatic rings. The van der Waals surface area contributed by atoms with Gasteiger partial charge in [-0.15, -0.1) is 0 Å². The zero-order valence-electron chi connectivity index (χ0n) is 13.9. The van der Waals surface area contributed by atoms with Crippen LogP contribution in [0, 0.1) is 19.3 Å². The number of carbonyl (C=O) groups excluding carboxylic acids is 1. The summed E-state index contributed by atoms with van der Waals surface area (Å²) >= 11 is 0. The zero-order chi connectivity index (χ0) is 16.9. The SMILES string of the molecule is Cc1cccnc1[C@H]1[CH]CN(CCO)C[C@@H]1C(=O)c1ccccc1. The number of hydrogen-bond acceptors (Lipinski definition) is 4. The molecule has 0 amide bonds. The largest absolute Gasteiger partial charge is 0.395 e. The van der Waals surface area contributed by atoms with Crippen LogP contribution < -0.4 is 0 Å². The molecule has 1 N–H and O–H groups in total. The van der Waals surface area contributed by atoms with Gasteiger partial charge in [-0.1, -0.05) is 36.4 Å². The van der Waals surface area contributed by atoms with E-state index in [1.807, 2.05) is 49.4 Å². The minimum Gasteiger partial charge on any atom is -0.395 e. The second kappa shape index (κ2) is 7.69. The average molecular weight is 323 g/mol. The van der Waals surface area contributed by atoms with E-state index in [1.54, 1.807) is 6.20 Å². The molecule has 1 saturated heterocycles. The maximum Gasteiger partial charge on any atom is 0.167 e. The molecule has 1 aliphatic heterocycles. The van der Waals surface area contributed by atoms with Gasteiger partial charge < -0.3 is 5.11 Å². The number of aliphatic hydroxyl groups excluding tert-OH is 1. The lowest BCUT2D eigenvalue weighted by Crippen LogP contribution is -2.44. The van der Waals surface area contributed by atoms with E-state index < -0.39 is 0 Å². The normalized spacial score (nSPS) is 21.6. The molecule has 0 spiro atoms. The van der Waals surface area contributed by atoms with Gasteiger partial charge in [0.15, 0.2) is 5.78 Å². The summed E-state index contributed by atoms with van der Waals surface area (Å²) < 4.78 is 0. The van der Waals surface area contributed by atoms with Crippen LogP contribution in [0.25, 0.3) is 0 Å². The van der Waals surface area contributed by atoms with E-state index >= 15 is 0 Å². The molecular weight excluding hydrogens is 300 g/mol. The highest BCUT2D eigenvalue weighted by molar-refractivity contribution is 5.98. The van der Waals surface area contributed by atoms with Crippen LogP contribution in [0.4, 0.5) is 0 Å². The van der Waals surface area contributed by atoms with Gasteiger partial charge in [0.05, 0.1) is 6.61 Å². The number of aryl methyl sites for hydroxylation is 1. The minimum absolute atomic E-state index is 0.00819. The summed E-state index contributed by atoms with van der Waals surface area (Å²) in [6, 6.07) is 13.4. The van der Waals surface area contributed by atoms with Gasteiger partial charge in [0, 0.05) is 48.9 Å². The maximum atomic E-state index is 13.1. The molecule has 1 radical (unpaired) electrons. The van der Waals surface area contributed by atoms with Crippen molar-refractivity contribution in [2.24, 2.45) is 5.92 Å². The molecule has 0 aliphatic carbocycles. The molecule has 2 aromatic rings. The fraction of sp³-hybridized carbons (Fsp3) is 0.350. The van der Waals surface area contributed by atoms with Crippen LogP contribution in [0.3, 0.4) is 0 Å². The summed E-state index contributed by atoms with van der Waals surface area (Å²) in [6.45, 7) is 4.14. The smallest absolute Gasteiger partial charge is 0.167 e. The predicted molar refractivity (Wildman–Crippen MR) is 93.8 cm³/mol. The van der Waals surface area contributed by atoms with Crippen LogP contribution in [0.1, 0.15) is 27.5 Å². The number of aromatic nitrogens is 1. The topological polar surface area (TPSA) is 53.4 Å². The molecule has 0 bridgehead atoms. The quantitative estimate of drug-likeness (QED) is 0.859. The van der Waals surface area contributed by atoms with E-state index in [-0.39, 0.29) is 24.2 Å². The first-order chi connectivity index (χ1) is 11.7. The molecule has 2 heterocycles. The molecule has 24 heavy (non-hydrogen) atoms. The Hall–Kier alpha value is -2.04. The third kappa shape index (κ3) is 3.55. The third-order valence-corrected chi connectivity index (χ3v) is 4.68. The Kier molecular flexibility index (Phi) is 5.38. The van der Waals surface area contributed by atoms with Gasteiger partial charge in [-0.05, 0) is 25.0 Å². The summed E-state index contributed by atoms with van der Waals surface area (Å²) in [6.07, 6.45) is 3.96. The number of piperidine rings is 1. The molecule has 4 heteroatoms. The van der Waals surface area contributed by atoms with Gasteiger partial charge in [0.2, 0.25) is 0 Å². The lowest BCUT2D eigenvalue weighted by Gasteiger charge is -2.37. The van der Waals surface area contributed by atoms with Crippen molar-refractivity contribution < 1.29 is 9.90 Å². The van der Waals surface area contributed by atoms with Crippen LogP contribution in [0.15, 0.2) is 48.7 Å². The fourth-order valence-electron chi connectivity index (χ4n) is 3.43. The Bertz CT molecular complexity index is 687. The van der Waals surface area contributed by atoms with Gasteiger partial charge in [0.25, 0.3) is 0 Å². The molecule has 125 valence electrons. The van der Waals surface area contributed by atoms with Crippen molar-refractivity contribution >= 4 is 5.78 Å². The first-order valence-corrected chi connectivity index (χ1v) is 8.38. The zero-order valence-corrected chi connectivity index (χ0v) is 13.9. The highest BCUT2D eigenvalue weighted by Crippen LogP contribution is 2.34. The molecule has 2 atom stereocenters. The van der Waals surface area contributed by atoms with Crippen molar-refractivity contribution in [3.05, 3.63) is 71.9 Å². The molecule has 0 unspecified atom stereocenters. The lowest BCUT2D eigenvalue weighted by molar-refractivity contribution is 0.0805. The molecular formula is C20H23N2O2. The number of carbonyl (C=O) groups is 1. The summed E-state index contributed by atoms with van der Waals surface area (Å²) in [5.74, 6) is -0.0281. The standard InChI is InChI=1S/C20H23N2O2/c1-15-6-5-10-21-19(15)17-9-11-22(12-13-23)14-18(17)20(24)16-7-3-2-4-8-16/h2-10,17-18,23H,11-14H2,1H3/t17-,18-/m0/s1. The van der Waals surface area contributed by atoms with Crippen molar-refractivity contribution in [1.29, 1.82) is 0 Å². The fourth-order valence-corrected chi connectivity index (χ4v) is 3.43. The number of rotatable bonds is 5. The van der Waals surface area contributed by atoms with E-state index in [2.05, 4.69) is 16.3 Å². The van der Waals surface area contributed by atoms with Gasteiger partial charge in [-0.2, -0.15) is 0 Å². The molecule has 1 aromatic heterocycles. The van der Waals surface area contributed by atoms with Crippen molar-refractivity contribution in [2.75, 3.05) is 26.2 Å². The number of likely N-dealkylation sites (tertiary alicyclic amines) is 1. The molecule has 0 saturated carbocycles. The number of Topliss-reactive ketones (excluding diaryl/α,β-unsaturated/α-hetero) is 1. The van der Waals surface area contributed by atoms with Crippen molar-refractivity contribution in [1.82, 2.24) is 9.88 Å². The second-order valence-electron chi connectivity index (χ2n) is 6.29. The highest BCUT2D eigenvalue weighted by Gasteiger charge is 2.36. The van der Waals surface area contributed by atoms with Crippen LogP contribution >= 0.6 is 0 Å². The molecule has 1 fully saturated rings. The maximum absolute atomic E-state index is 13.1. The Morgan fingerprint density at radius 3 is 2.75 bits per heavy atom. The van der Waals surface area contributed by atoms with Crippen molar-refractivity contribution in [2.45, 2.75) is 12.8 Å². The number of β-amino-alcohol motifs (C(OH)–C–C–N with tert-alkyl or cyclic N) is 1. The Labute approximate surface area is 143 Å². The van der Waals surface area contributed by atoms with Gasteiger partial charge in [-0.3, -0.25) is 14.7 Å². The van der Waals surface area contributed by atoms with Gasteiger partial charge in [0.1, 0.15) is 0 Å². The number of pyridine rings is 1. The lowest BCUT2D eigenvalue weighted by atomic mass is 9.77. The molecule has 1 aromatic carbocycles. The number of nitrogens with zero attached hydrogens (tertiary/aromatic N) is 2. The molecule has 3 rings (SSSR count). The van der Waals surface area contributed by atoms with Gasteiger partial charge in [-0.25, -0.2) is 0 Å². The summed E-state index contributed by atoms with van der Waals surface area (Å²) in [7, 11) is 0. The predicted octanol–water partition coefficient (Wildman–Crippen LogP) is 2.48. The number of hydrogen-bond donors (Lipinski definition) is 1. The first-order valence-electron chi connectivity index (χ1n) is 8.38. The summed E-state index contributed by atoms with van der Waals surface area (Å²) in [4.78, 5) is 19.8. The average Bonchev–Trinajstić information content (AvgIpc) is 2.63. The van der Waals surface area contributed by atoms with E-state index in [0.29, 0.717) is 13.1 Å². The van der Waals surface area contributed by atoms with E-state index in [0.717, 1.165) is 23.4 Å².